The van der Waals surface area contributed by atoms with E-state index < -0.39 is 12.2 Å². The molecule has 1 aliphatic rings. The number of aliphatic hydroxyl groups is 2. The molecule has 0 spiro atoms. The first-order valence-corrected chi connectivity index (χ1v) is 12.0. The summed E-state index contributed by atoms with van der Waals surface area (Å²) in [6.45, 7) is 4.21. The molecule has 172 valence electrons. The average molecular weight is 423 g/mol. The lowest BCUT2D eigenvalue weighted by atomic mass is 9.87. The Morgan fingerprint density at radius 1 is 0.767 bits per heavy atom. The van der Waals surface area contributed by atoms with Crippen LogP contribution in [0.25, 0.3) is 0 Å². The largest absolute Gasteiger partial charge is 0.504 e. The molecular weight excluding hydrogens is 380 g/mol. The van der Waals surface area contributed by atoms with Crippen molar-refractivity contribution in [2.75, 3.05) is 19.8 Å². The Kier molecular flexibility index (Phi) is 12.2. The molecule has 0 radical (unpaired) electrons. The Morgan fingerprint density at radius 3 is 2.07 bits per heavy atom. The molecule has 2 rings (SSSR count). The van der Waals surface area contributed by atoms with E-state index in [0.29, 0.717) is 30.9 Å². The third-order valence-electron chi connectivity index (χ3n) is 5.96. The van der Waals surface area contributed by atoms with Crippen LogP contribution in [-0.4, -0.2) is 47.3 Å². The summed E-state index contributed by atoms with van der Waals surface area (Å²) < 4.78 is 11.4. The fraction of sp³-hybridized carbons (Fsp3) is 0.760. The van der Waals surface area contributed by atoms with Gasteiger partial charge in [0.15, 0.2) is 11.5 Å². The summed E-state index contributed by atoms with van der Waals surface area (Å²) in [4.78, 5) is 0. The van der Waals surface area contributed by atoms with Gasteiger partial charge in [0.05, 0.1) is 18.8 Å². The van der Waals surface area contributed by atoms with Crippen molar-refractivity contribution in [2.24, 2.45) is 0 Å². The van der Waals surface area contributed by atoms with E-state index in [4.69, 9.17) is 9.47 Å². The minimum absolute atomic E-state index is 0.0877. The van der Waals surface area contributed by atoms with Crippen LogP contribution in [0.4, 0.5) is 0 Å². The van der Waals surface area contributed by atoms with Gasteiger partial charge in [-0.15, -0.1) is 0 Å². The Balaban J connectivity index is 1.46. The molecule has 0 bridgehead atoms. The molecule has 1 aromatic rings. The molecule has 0 amide bonds. The average Bonchev–Trinajstić information content (AvgIpc) is 2.74. The molecule has 2 atom stereocenters. The van der Waals surface area contributed by atoms with Crippen LogP contribution in [0, 0.1) is 0 Å². The predicted molar refractivity (Wildman–Crippen MR) is 120 cm³/mol. The molecule has 5 heteroatoms. The van der Waals surface area contributed by atoms with Crippen LogP contribution in [0.5, 0.6) is 11.5 Å². The molecule has 3 N–H and O–H groups in total. The highest BCUT2D eigenvalue weighted by Crippen LogP contribution is 2.36. The Bertz CT molecular complexity index is 589. The van der Waals surface area contributed by atoms with Crippen molar-refractivity contribution in [1.82, 2.24) is 0 Å². The molecule has 0 saturated heterocycles. The van der Waals surface area contributed by atoms with Gasteiger partial charge in [-0.3, -0.25) is 0 Å². The van der Waals surface area contributed by atoms with Crippen LogP contribution in [0.2, 0.25) is 0 Å². The van der Waals surface area contributed by atoms with Crippen LogP contribution < -0.4 is 4.74 Å². The number of unbranched alkanes of at least 4 members (excludes halogenated alkanes) is 9. The van der Waals surface area contributed by atoms with E-state index in [1.54, 1.807) is 6.07 Å². The highest BCUT2D eigenvalue weighted by molar-refractivity contribution is 5.51. The van der Waals surface area contributed by atoms with E-state index in [9.17, 15) is 15.3 Å². The van der Waals surface area contributed by atoms with Gasteiger partial charge in [0.1, 0.15) is 0 Å². The molecule has 0 heterocycles. The highest BCUT2D eigenvalue weighted by atomic mass is 16.5. The molecule has 5 nitrogen and oxygen atoms in total. The number of rotatable bonds is 16. The lowest BCUT2D eigenvalue weighted by Crippen LogP contribution is -2.34. The maximum absolute atomic E-state index is 10.4. The SMILES string of the molecule is CCCCCCCCCCCCOCCCOc1ccc2c(c1O)CC(O)C(O)C2. The molecule has 0 aromatic heterocycles. The number of aromatic hydroxyl groups is 1. The zero-order valence-corrected chi connectivity index (χ0v) is 18.8. The summed E-state index contributed by atoms with van der Waals surface area (Å²) in [7, 11) is 0. The molecule has 0 aliphatic heterocycles. The number of aliphatic hydroxyl groups excluding tert-OH is 2. The van der Waals surface area contributed by atoms with E-state index in [1.165, 1.54) is 57.8 Å². The standard InChI is InChI=1S/C25H42O5/c1-2-3-4-5-6-7-8-9-10-11-15-29-16-12-17-30-24-14-13-20-18-22(26)23(27)19-21(20)25(24)28/h13-14,22-23,26-28H,2-12,15-19H2,1H3. The molecule has 30 heavy (non-hydrogen) atoms. The third-order valence-corrected chi connectivity index (χ3v) is 5.96. The van der Waals surface area contributed by atoms with E-state index in [-0.39, 0.29) is 12.2 Å². The van der Waals surface area contributed by atoms with E-state index in [0.717, 1.165) is 25.0 Å². The van der Waals surface area contributed by atoms with Gasteiger partial charge in [0.25, 0.3) is 0 Å². The van der Waals surface area contributed by atoms with Crippen molar-refractivity contribution >= 4 is 0 Å². The number of hydrogen-bond donors (Lipinski definition) is 3. The topological polar surface area (TPSA) is 79.2 Å². The molecule has 0 fully saturated rings. The first-order chi connectivity index (χ1) is 14.6. The fourth-order valence-electron chi connectivity index (χ4n) is 4.04. The summed E-state index contributed by atoms with van der Waals surface area (Å²) in [5, 5.41) is 30.0. The summed E-state index contributed by atoms with van der Waals surface area (Å²) in [6.07, 6.45) is 13.1. The lowest BCUT2D eigenvalue weighted by molar-refractivity contribution is 0.0136. The summed E-state index contributed by atoms with van der Waals surface area (Å²) in [5.41, 5.74) is 1.56. The molecule has 1 aliphatic carbocycles. The third kappa shape index (κ3) is 8.83. The van der Waals surface area contributed by atoms with Crippen molar-refractivity contribution in [1.29, 1.82) is 0 Å². The zero-order chi connectivity index (χ0) is 21.6. The normalized spacial score (nSPS) is 18.4. The van der Waals surface area contributed by atoms with Crippen LogP contribution >= 0.6 is 0 Å². The number of phenolic OH excluding ortho intramolecular Hbond substituents is 1. The van der Waals surface area contributed by atoms with Crippen molar-refractivity contribution in [3.63, 3.8) is 0 Å². The minimum atomic E-state index is -0.835. The zero-order valence-electron chi connectivity index (χ0n) is 18.8. The molecule has 1 aromatic carbocycles. The maximum Gasteiger partial charge on any atom is 0.161 e. The van der Waals surface area contributed by atoms with Crippen LogP contribution in [0.15, 0.2) is 12.1 Å². The van der Waals surface area contributed by atoms with Gasteiger partial charge >= 0.3 is 0 Å². The van der Waals surface area contributed by atoms with Crippen molar-refractivity contribution in [3.05, 3.63) is 23.3 Å². The minimum Gasteiger partial charge on any atom is -0.504 e. The second kappa shape index (κ2) is 14.7. The highest BCUT2D eigenvalue weighted by Gasteiger charge is 2.28. The van der Waals surface area contributed by atoms with E-state index in [1.807, 2.05) is 6.07 Å². The predicted octanol–water partition coefficient (Wildman–Crippen LogP) is 4.92. The van der Waals surface area contributed by atoms with Gasteiger partial charge < -0.3 is 24.8 Å². The number of hydrogen-bond acceptors (Lipinski definition) is 5. The van der Waals surface area contributed by atoms with Crippen molar-refractivity contribution in [3.8, 4) is 11.5 Å². The summed E-state index contributed by atoms with van der Waals surface area (Å²) >= 11 is 0. The first kappa shape index (κ1) is 25.0. The second-order valence-electron chi connectivity index (χ2n) is 8.59. The number of benzene rings is 1. The number of fused-ring (bicyclic) bond motifs is 1. The van der Waals surface area contributed by atoms with Crippen LogP contribution in [0.3, 0.4) is 0 Å². The van der Waals surface area contributed by atoms with Crippen LogP contribution in [0.1, 0.15) is 88.7 Å². The lowest BCUT2D eigenvalue weighted by Gasteiger charge is -2.27. The number of phenols is 1. The summed E-state index contributed by atoms with van der Waals surface area (Å²) in [6, 6.07) is 3.60. The first-order valence-electron chi connectivity index (χ1n) is 12.0. The van der Waals surface area contributed by atoms with Gasteiger partial charge in [-0.25, -0.2) is 0 Å². The van der Waals surface area contributed by atoms with Gasteiger partial charge in [0, 0.05) is 38.0 Å². The van der Waals surface area contributed by atoms with Crippen molar-refractivity contribution < 1.29 is 24.8 Å². The monoisotopic (exact) mass is 422 g/mol. The Labute approximate surface area is 182 Å². The van der Waals surface area contributed by atoms with Crippen LogP contribution in [-0.2, 0) is 17.6 Å². The van der Waals surface area contributed by atoms with Crippen molar-refractivity contribution in [2.45, 2.75) is 103 Å². The second-order valence-corrected chi connectivity index (χ2v) is 8.59. The van der Waals surface area contributed by atoms with E-state index >= 15 is 0 Å². The Morgan fingerprint density at radius 2 is 1.37 bits per heavy atom. The van der Waals surface area contributed by atoms with Gasteiger partial charge in [0.2, 0.25) is 0 Å². The van der Waals surface area contributed by atoms with Gasteiger partial charge in [-0.05, 0) is 18.1 Å². The molecular formula is C25H42O5. The number of ether oxygens (including phenoxy) is 2. The van der Waals surface area contributed by atoms with Gasteiger partial charge in [-0.1, -0.05) is 70.8 Å². The maximum atomic E-state index is 10.4. The molecule has 2 unspecified atom stereocenters. The fourth-order valence-corrected chi connectivity index (χ4v) is 4.04. The summed E-state index contributed by atoms with van der Waals surface area (Å²) in [5.74, 6) is 0.525. The smallest absolute Gasteiger partial charge is 0.161 e. The Hall–Kier alpha value is -1.30. The van der Waals surface area contributed by atoms with E-state index in [2.05, 4.69) is 6.92 Å². The molecule has 0 saturated carbocycles. The quantitative estimate of drug-likeness (QED) is 0.330. The van der Waals surface area contributed by atoms with Gasteiger partial charge in [-0.2, -0.15) is 0 Å².